The van der Waals surface area contributed by atoms with Gasteiger partial charge < -0.3 is 15.0 Å². The average Bonchev–Trinajstić information content (AvgIpc) is 2.66. The maximum absolute atomic E-state index is 12.2. The maximum atomic E-state index is 12.2. The highest BCUT2D eigenvalue weighted by Crippen LogP contribution is 2.18. The minimum absolute atomic E-state index is 0.241. The number of rotatable bonds is 4. The molecule has 2 heterocycles. The second-order valence-corrected chi connectivity index (χ2v) is 7.97. The van der Waals surface area contributed by atoms with Crippen LogP contribution in [0.25, 0.3) is 0 Å². The SMILES string of the molecule is CC.Cc1cccnc1NNC(=S)NCC1CCCN(C(=O)OC(C)(C)C)C1. The third-order valence-corrected chi connectivity index (χ3v) is 4.27. The second-order valence-electron chi connectivity index (χ2n) is 7.56. The van der Waals surface area contributed by atoms with Crippen molar-refractivity contribution in [2.45, 2.75) is 60.0 Å². The number of hydrazine groups is 1. The molecule has 1 fully saturated rings. The smallest absolute Gasteiger partial charge is 0.410 e. The summed E-state index contributed by atoms with van der Waals surface area (Å²) >= 11 is 5.30. The summed E-state index contributed by atoms with van der Waals surface area (Å²) < 4.78 is 5.46. The largest absolute Gasteiger partial charge is 0.444 e. The third-order valence-electron chi connectivity index (χ3n) is 4.03. The molecule has 1 aliphatic rings. The molecule has 1 amide bonds. The molecular weight excluding hydrogens is 374 g/mol. The third kappa shape index (κ3) is 8.73. The Kier molecular flexibility index (Phi) is 9.99. The van der Waals surface area contributed by atoms with E-state index in [9.17, 15) is 4.79 Å². The van der Waals surface area contributed by atoms with Crippen LogP contribution in [0, 0.1) is 12.8 Å². The molecule has 1 unspecified atom stereocenters. The summed E-state index contributed by atoms with van der Waals surface area (Å²) in [5.74, 6) is 1.08. The van der Waals surface area contributed by atoms with Crippen molar-refractivity contribution < 1.29 is 9.53 Å². The first-order valence-electron chi connectivity index (χ1n) is 9.94. The fourth-order valence-electron chi connectivity index (χ4n) is 2.74. The lowest BCUT2D eigenvalue weighted by atomic mass is 9.98. The van der Waals surface area contributed by atoms with Crippen molar-refractivity contribution in [3.8, 4) is 0 Å². The van der Waals surface area contributed by atoms with E-state index in [0.29, 0.717) is 24.1 Å². The van der Waals surface area contributed by atoms with E-state index in [1.165, 1.54) is 0 Å². The number of aromatic nitrogens is 1. The van der Waals surface area contributed by atoms with Crippen LogP contribution in [-0.4, -0.2) is 46.3 Å². The van der Waals surface area contributed by atoms with Crippen molar-refractivity contribution in [1.82, 2.24) is 20.6 Å². The Morgan fingerprint density at radius 2 is 2.11 bits per heavy atom. The van der Waals surface area contributed by atoms with Crippen molar-refractivity contribution in [2.75, 3.05) is 25.1 Å². The fourth-order valence-corrected chi connectivity index (χ4v) is 2.87. The number of pyridine rings is 1. The van der Waals surface area contributed by atoms with Gasteiger partial charge in [-0.25, -0.2) is 9.78 Å². The number of piperidine rings is 1. The maximum Gasteiger partial charge on any atom is 0.410 e. The number of nitrogens with one attached hydrogen (secondary N) is 3. The zero-order valence-corrected chi connectivity index (χ0v) is 18.8. The molecule has 1 aliphatic heterocycles. The monoisotopic (exact) mass is 409 g/mol. The molecule has 8 heteroatoms. The van der Waals surface area contributed by atoms with E-state index < -0.39 is 5.60 Å². The number of anilines is 1. The number of amides is 1. The number of likely N-dealkylation sites (tertiary alicyclic amines) is 1. The van der Waals surface area contributed by atoms with Gasteiger partial charge in [0.25, 0.3) is 0 Å². The summed E-state index contributed by atoms with van der Waals surface area (Å²) in [6, 6.07) is 3.86. The Balaban J connectivity index is 0.00000190. The van der Waals surface area contributed by atoms with Crippen molar-refractivity contribution in [3.05, 3.63) is 23.9 Å². The van der Waals surface area contributed by atoms with Crippen molar-refractivity contribution in [2.24, 2.45) is 5.92 Å². The lowest BCUT2D eigenvalue weighted by molar-refractivity contribution is 0.0168. The van der Waals surface area contributed by atoms with E-state index >= 15 is 0 Å². The highest BCUT2D eigenvalue weighted by atomic mass is 32.1. The summed E-state index contributed by atoms with van der Waals surface area (Å²) in [7, 11) is 0. The molecule has 1 saturated heterocycles. The number of ether oxygens (including phenoxy) is 1. The Labute approximate surface area is 174 Å². The summed E-state index contributed by atoms with van der Waals surface area (Å²) in [5.41, 5.74) is 6.51. The van der Waals surface area contributed by atoms with Crippen LogP contribution < -0.4 is 16.2 Å². The van der Waals surface area contributed by atoms with Gasteiger partial charge in [0.1, 0.15) is 11.4 Å². The molecule has 0 aliphatic carbocycles. The lowest BCUT2D eigenvalue weighted by Gasteiger charge is -2.34. The number of carbonyl (C=O) groups is 1. The van der Waals surface area contributed by atoms with Gasteiger partial charge >= 0.3 is 6.09 Å². The summed E-state index contributed by atoms with van der Waals surface area (Å²) in [6.45, 7) is 13.7. The van der Waals surface area contributed by atoms with Gasteiger partial charge in [0.15, 0.2) is 5.11 Å². The highest BCUT2D eigenvalue weighted by molar-refractivity contribution is 7.80. The van der Waals surface area contributed by atoms with E-state index in [1.807, 2.05) is 53.7 Å². The fraction of sp³-hybridized carbons (Fsp3) is 0.650. The Hall–Kier alpha value is -2.09. The van der Waals surface area contributed by atoms with Gasteiger partial charge in [-0.3, -0.25) is 10.9 Å². The topological polar surface area (TPSA) is 78.5 Å². The molecule has 0 aromatic carbocycles. The van der Waals surface area contributed by atoms with Crippen LogP contribution in [-0.2, 0) is 4.74 Å². The van der Waals surface area contributed by atoms with Gasteiger partial charge in [-0.15, -0.1) is 0 Å². The Morgan fingerprint density at radius 3 is 2.75 bits per heavy atom. The van der Waals surface area contributed by atoms with Crippen molar-refractivity contribution in [3.63, 3.8) is 0 Å². The van der Waals surface area contributed by atoms with Gasteiger partial charge in [-0.2, -0.15) is 0 Å². The first-order chi connectivity index (χ1) is 13.2. The van der Waals surface area contributed by atoms with Gasteiger partial charge in [-0.05, 0) is 70.3 Å². The lowest BCUT2D eigenvalue weighted by Crippen LogP contribution is -2.47. The molecule has 1 aromatic heterocycles. The summed E-state index contributed by atoms with van der Waals surface area (Å²) in [5, 5.41) is 3.71. The number of nitrogens with zero attached hydrogens (tertiary/aromatic N) is 2. The van der Waals surface area contributed by atoms with E-state index in [4.69, 9.17) is 17.0 Å². The van der Waals surface area contributed by atoms with Crippen LogP contribution in [0.15, 0.2) is 18.3 Å². The van der Waals surface area contributed by atoms with Gasteiger partial charge in [0.2, 0.25) is 0 Å². The van der Waals surface area contributed by atoms with Crippen molar-refractivity contribution >= 4 is 29.2 Å². The van der Waals surface area contributed by atoms with Crippen LogP contribution in [0.3, 0.4) is 0 Å². The Bertz CT molecular complexity index is 633. The van der Waals surface area contributed by atoms with Crippen LogP contribution in [0.1, 0.15) is 53.0 Å². The van der Waals surface area contributed by atoms with Crippen LogP contribution in [0.4, 0.5) is 10.6 Å². The normalized spacial score (nSPS) is 16.4. The quantitative estimate of drug-likeness (QED) is 0.515. The zero-order chi connectivity index (χ0) is 21.2. The molecule has 0 bridgehead atoms. The standard InChI is InChI=1S/C18H29N5O2S.C2H6/c1-13-7-5-9-19-15(13)21-22-16(26)20-11-14-8-6-10-23(12-14)17(24)25-18(2,3)4;1-2/h5,7,9,14H,6,8,10-12H2,1-4H3,(H,19,21)(H2,20,22,26);1-2H3. The van der Waals surface area contributed by atoms with E-state index in [1.54, 1.807) is 11.1 Å². The minimum atomic E-state index is -0.469. The molecule has 28 heavy (non-hydrogen) atoms. The van der Waals surface area contributed by atoms with Gasteiger partial charge in [0, 0.05) is 25.8 Å². The second kappa shape index (κ2) is 11.7. The summed E-state index contributed by atoms with van der Waals surface area (Å²) in [4.78, 5) is 18.2. The van der Waals surface area contributed by atoms with Crippen LogP contribution in [0.2, 0.25) is 0 Å². The number of hydrogen-bond donors (Lipinski definition) is 3. The summed E-state index contributed by atoms with van der Waals surface area (Å²) in [6.07, 6.45) is 3.51. The highest BCUT2D eigenvalue weighted by Gasteiger charge is 2.27. The molecule has 0 saturated carbocycles. The van der Waals surface area contributed by atoms with Crippen LogP contribution >= 0.6 is 12.2 Å². The molecule has 3 N–H and O–H groups in total. The molecule has 2 rings (SSSR count). The first-order valence-corrected chi connectivity index (χ1v) is 10.3. The molecular formula is C20H35N5O2S. The minimum Gasteiger partial charge on any atom is -0.444 e. The van der Waals surface area contributed by atoms with E-state index in [2.05, 4.69) is 21.2 Å². The molecule has 7 nitrogen and oxygen atoms in total. The van der Waals surface area contributed by atoms with Crippen LogP contribution in [0.5, 0.6) is 0 Å². The molecule has 1 atom stereocenters. The Morgan fingerprint density at radius 1 is 1.39 bits per heavy atom. The van der Waals surface area contributed by atoms with Gasteiger partial charge in [0.05, 0.1) is 0 Å². The number of hydrogen-bond acceptors (Lipinski definition) is 5. The number of aryl methyl sites for hydroxylation is 1. The van der Waals surface area contributed by atoms with E-state index in [0.717, 1.165) is 30.8 Å². The number of thiocarbonyl (C=S) groups is 1. The first kappa shape index (κ1) is 23.9. The van der Waals surface area contributed by atoms with Crippen molar-refractivity contribution in [1.29, 1.82) is 0 Å². The predicted molar refractivity (Wildman–Crippen MR) is 118 cm³/mol. The molecule has 158 valence electrons. The zero-order valence-electron chi connectivity index (χ0n) is 18.0. The molecule has 0 radical (unpaired) electrons. The average molecular weight is 410 g/mol. The van der Waals surface area contributed by atoms with Gasteiger partial charge in [-0.1, -0.05) is 19.9 Å². The van der Waals surface area contributed by atoms with E-state index in [-0.39, 0.29) is 6.09 Å². The predicted octanol–water partition coefficient (Wildman–Crippen LogP) is 3.85. The molecule has 1 aromatic rings. The molecule has 0 spiro atoms. The number of carbonyl (C=O) groups excluding carboxylic acids is 1.